The third kappa shape index (κ3) is 3.16. The van der Waals surface area contributed by atoms with Gasteiger partial charge in [0, 0.05) is 25.2 Å². The van der Waals surface area contributed by atoms with Gasteiger partial charge in [-0.3, -0.25) is 4.90 Å². The predicted molar refractivity (Wildman–Crippen MR) is 78.6 cm³/mol. The second-order valence-electron chi connectivity index (χ2n) is 5.49. The Balaban J connectivity index is 1.69. The third-order valence-electron chi connectivity index (χ3n) is 4.13. The number of nitrogens with zero attached hydrogens (tertiary/aromatic N) is 3. The maximum Gasteiger partial charge on any atom is 0.241 e. The minimum atomic E-state index is 0.519. The highest BCUT2D eigenvalue weighted by molar-refractivity contribution is 5.44. The molecule has 1 fully saturated rings. The molecule has 1 saturated heterocycles. The summed E-state index contributed by atoms with van der Waals surface area (Å²) < 4.78 is 10.7. The summed E-state index contributed by atoms with van der Waals surface area (Å²) >= 11 is 0. The SMILES string of the molecule is CCC1CN(Cc2nc(-c3ccco3)no2)C(CC)CN1. The number of nitrogens with one attached hydrogen (secondary N) is 1. The fourth-order valence-corrected chi connectivity index (χ4v) is 2.80. The normalized spacial score (nSPS) is 23.5. The van der Waals surface area contributed by atoms with Gasteiger partial charge in [-0.05, 0) is 25.0 Å². The van der Waals surface area contributed by atoms with E-state index in [0.29, 0.717) is 36.1 Å². The lowest BCUT2D eigenvalue weighted by molar-refractivity contribution is 0.104. The fraction of sp³-hybridized carbons (Fsp3) is 0.600. The minimum absolute atomic E-state index is 0.519. The van der Waals surface area contributed by atoms with Crippen LogP contribution in [0.1, 0.15) is 32.6 Å². The van der Waals surface area contributed by atoms with Crippen molar-refractivity contribution in [2.75, 3.05) is 13.1 Å². The fourth-order valence-electron chi connectivity index (χ4n) is 2.80. The Morgan fingerprint density at radius 2 is 2.29 bits per heavy atom. The van der Waals surface area contributed by atoms with Gasteiger partial charge in [0.2, 0.25) is 11.7 Å². The Morgan fingerprint density at radius 1 is 1.38 bits per heavy atom. The molecule has 0 aromatic carbocycles. The summed E-state index contributed by atoms with van der Waals surface area (Å²) in [6.07, 6.45) is 3.86. The maximum absolute atomic E-state index is 5.37. The van der Waals surface area contributed by atoms with Gasteiger partial charge >= 0.3 is 0 Å². The zero-order valence-corrected chi connectivity index (χ0v) is 12.6. The van der Waals surface area contributed by atoms with Crippen LogP contribution in [0, 0.1) is 0 Å². The molecule has 6 heteroatoms. The smallest absolute Gasteiger partial charge is 0.241 e. The van der Waals surface area contributed by atoms with E-state index in [9.17, 15) is 0 Å². The molecular weight excluding hydrogens is 268 g/mol. The first-order valence-electron chi connectivity index (χ1n) is 7.64. The molecule has 0 amide bonds. The van der Waals surface area contributed by atoms with Crippen LogP contribution >= 0.6 is 0 Å². The van der Waals surface area contributed by atoms with E-state index in [1.165, 1.54) is 0 Å². The topological polar surface area (TPSA) is 67.3 Å². The van der Waals surface area contributed by atoms with Crippen LogP contribution in [0.15, 0.2) is 27.3 Å². The summed E-state index contributed by atoms with van der Waals surface area (Å²) in [6.45, 7) is 7.17. The average molecular weight is 290 g/mol. The van der Waals surface area contributed by atoms with E-state index < -0.39 is 0 Å². The van der Waals surface area contributed by atoms with Crippen LogP contribution in [0.25, 0.3) is 11.6 Å². The first-order valence-corrected chi connectivity index (χ1v) is 7.64. The molecule has 0 aliphatic carbocycles. The van der Waals surface area contributed by atoms with Gasteiger partial charge in [-0.25, -0.2) is 0 Å². The summed E-state index contributed by atoms with van der Waals surface area (Å²) in [5.74, 6) is 1.81. The first kappa shape index (κ1) is 14.3. The van der Waals surface area contributed by atoms with E-state index in [0.717, 1.165) is 25.9 Å². The second kappa shape index (κ2) is 6.41. The maximum atomic E-state index is 5.37. The monoisotopic (exact) mass is 290 g/mol. The predicted octanol–water partition coefficient (Wildman–Crippen LogP) is 2.29. The van der Waals surface area contributed by atoms with Crippen molar-refractivity contribution in [3.63, 3.8) is 0 Å². The molecule has 0 saturated carbocycles. The molecule has 1 aliphatic rings. The third-order valence-corrected chi connectivity index (χ3v) is 4.13. The molecule has 3 rings (SSSR count). The molecule has 3 heterocycles. The van der Waals surface area contributed by atoms with Crippen molar-refractivity contribution in [2.45, 2.75) is 45.3 Å². The van der Waals surface area contributed by atoms with Crippen molar-refractivity contribution < 1.29 is 8.94 Å². The van der Waals surface area contributed by atoms with Crippen molar-refractivity contribution in [3.8, 4) is 11.6 Å². The largest absolute Gasteiger partial charge is 0.461 e. The van der Waals surface area contributed by atoms with Crippen LogP contribution in [0.4, 0.5) is 0 Å². The van der Waals surface area contributed by atoms with Gasteiger partial charge < -0.3 is 14.3 Å². The van der Waals surface area contributed by atoms with Crippen molar-refractivity contribution in [3.05, 3.63) is 24.3 Å². The number of furan rings is 1. The van der Waals surface area contributed by atoms with Crippen LogP contribution in [0.2, 0.25) is 0 Å². The lowest BCUT2D eigenvalue weighted by Gasteiger charge is -2.39. The molecule has 21 heavy (non-hydrogen) atoms. The van der Waals surface area contributed by atoms with Gasteiger partial charge in [0.25, 0.3) is 0 Å². The standard InChI is InChI=1S/C15H22N4O2/c1-3-11-9-19(12(4-2)8-16-11)10-14-17-15(18-21-14)13-6-5-7-20-13/h5-7,11-12,16H,3-4,8-10H2,1-2H3. The molecule has 1 aliphatic heterocycles. The van der Waals surface area contributed by atoms with Crippen LogP contribution < -0.4 is 5.32 Å². The van der Waals surface area contributed by atoms with Gasteiger partial charge in [-0.2, -0.15) is 4.98 Å². The average Bonchev–Trinajstić information content (AvgIpc) is 3.18. The van der Waals surface area contributed by atoms with Crippen molar-refractivity contribution in [1.29, 1.82) is 0 Å². The van der Waals surface area contributed by atoms with Crippen molar-refractivity contribution in [2.24, 2.45) is 0 Å². The summed E-state index contributed by atoms with van der Waals surface area (Å²) in [5, 5.41) is 7.58. The number of piperazine rings is 1. The molecule has 6 nitrogen and oxygen atoms in total. The highest BCUT2D eigenvalue weighted by atomic mass is 16.5. The minimum Gasteiger partial charge on any atom is -0.461 e. The first-order chi connectivity index (χ1) is 10.3. The van der Waals surface area contributed by atoms with Gasteiger partial charge in [0.05, 0.1) is 12.8 Å². The Kier molecular flexibility index (Phi) is 4.36. The summed E-state index contributed by atoms with van der Waals surface area (Å²) in [4.78, 5) is 6.87. The van der Waals surface area contributed by atoms with Gasteiger partial charge in [0.1, 0.15) is 0 Å². The Hall–Kier alpha value is -1.66. The molecule has 2 unspecified atom stereocenters. The van der Waals surface area contributed by atoms with E-state index in [-0.39, 0.29) is 0 Å². The lowest BCUT2D eigenvalue weighted by Crippen LogP contribution is -2.55. The number of hydrogen-bond donors (Lipinski definition) is 1. The van der Waals surface area contributed by atoms with Crippen molar-refractivity contribution >= 4 is 0 Å². The lowest BCUT2D eigenvalue weighted by atomic mass is 10.1. The number of rotatable bonds is 5. The zero-order chi connectivity index (χ0) is 14.7. The Labute approximate surface area is 124 Å². The van der Waals surface area contributed by atoms with Crippen LogP contribution in [-0.4, -0.2) is 40.2 Å². The summed E-state index contributed by atoms with van der Waals surface area (Å²) in [6, 6.07) is 4.72. The van der Waals surface area contributed by atoms with Gasteiger partial charge in [0.15, 0.2) is 5.76 Å². The highest BCUT2D eigenvalue weighted by Gasteiger charge is 2.27. The van der Waals surface area contributed by atoms with Crippen LogP contribution in [-0.2, 0) is 6.54 Å². The summed E-state index contributed by atoms with van der Waals surface area (Å²) in [7, 11) is 0. The second-order valence-corrected chi connectivity index (χ2v) is 5.49. The quantitative estimate of drug-likeness (QED) is 0.911. The van der Waals surface area contributed by atoms with Gasteiger partial charge in [-0.1, -0.05) is 19.0 Å². The number of hydrogen-bond acceptors (Lipinski definition) is 6. The van der Waals surface area contributed by atoms with Crippen LogP contribution in [0.3, 0.4) is 0 Å². The molecule has 0 radical (unpaired) electrons. The van der Waals surface area contributed by atoms with E-state index >= 15 is 0 Å². The van der Waals surface area contributed by atoms with Crippen molar-refractivity contribution in [1.82, 2.24) is 20.4 Å². The van der Waals surface area contributed by atoms with E-state index in [2.05, 4.69) is 34.2 Å². The molecule has 0 spiro atoms. The molecule has 2 aromatic heterocycles. The zero-order valence-electron chi connectivity index (χ0n) is 12.6. The Bertz CT molecular complexity index is 552. The van der Waals surface area contributed by atoms with E-state index in [1.807, 2.05) is 12.1 Å². The molecule has 1 N–H and O–H groups in total. The number of aromatic nitrogens is 2. The molecule has 2 aromatic rings. The molecule has 0 bridgehead atoms. The molecular formula is C15H22N4O2. The molecule has 114 valence electrons. The van der Waals surface area contributed by atoms with E-state index in [4.69, 9.17) is 8.94 Å². The molecule has 2 atom stereocenters. The van der Waals surface area contributed by atoms with E-state index in [1.54, 1.807) is 6.26 Å². The highest BCUT2D eigenvalue weighted by Crippen LogP contribution is 2.19. The van der Waals surface area contributed by atoms with Crippen LogP contribution in [0.5, 0.6) is 0 Å². The Morgan fingerprint density at radius 3 is 3.00 bits per heavy atom. The summed E-state index contributed by atoms with van der Waals surface area (Å²) in [5.41, 5.74) is 0. The van der Waals surface area contributed by atoms with Gasteiger partial charge in [-0.15, -0.1) is 0 Å².